The van der Waals surface area contributed by atoms with Gasteiger partial charge in [0.05, 0.1) is 5.52 Å². The fraction of sp³-hybridized carbons (Fsp3) is 0.632. The molecule has 134 valence electrons. The average molecular weight is 341 g/mol. The normalized spacial score (nSPS) is 24.5. The van der Waals surface area contributed by atoms with E-state index in [1.807, 2.05) is 29.8 Å². The van der Waals surface area contributed by atoms with E-state index in [2.05, 4.69) is 27.0 Å². The van der Waals surface area contributed by atoms with Crippen LogP contribution in [0.2, 0.25) is 0 Å². The van der Waals surface area contributed by atoms with Crippen molar-refractivity contribution in [1.82, 2.24) is 24.8 Å². The van der Waals surface area contributed by atoms with Crippen LogP contribution in [0.1, 0.15) is 49.9 Å². The van der Waals surface area contributed by atoms with E-state index in [-0.39, 0.29) is 5.91 Å². The summed E-state index contributed by atoms with van der Waals surface area (Å²) in [4.78, 5) is 17.8. The van der Waals surface area contributed by atoms with Gasteiger partial charge in [0.25, 0.3) is 5.91 Å². The minimum Gasteiger partial charge on any atom is -0.334 e. The highest BCUT2D eigenvalue weighted by molar-refractivity contribution is 5.97. The van der Waals surface area contributed by atoms with E-state index in [0.29, 0.717) is 12.1 Å². The van der Waals surface area contributed by atoms with Gasteiger partial charge in [-0.1, -0.05) is 12.1 Å². The fourth-order valence-electron chi connectivity index (χ4n) is 4.63. The lowest BCUT2D eigenvalue weighted by Crippen LogP contribution is -2.48. The number of hydrogen-bond donors (Lipinski definition) is 0. The first kappa shape index (κ1) is 16.5. The van der Waals surface area contributed by atoms with Gasteiger partial charge in [0.2, 0.25) is 0 Å². The molecule has 0 N–H and O–H groups in total. The molecule has 2 saturated heterocycles. The number of carbonyl (C=O) groups excluding carboxylic acids is 1. The van der Waals surface area contributed by atoms with Gasteiger partial charge in [-0.2, -0.15) is 0 Å². The highest BCUT2D eigenvalue weighted by atomic mass is 16.2. The molecule has 0 radical (unpaired) electrons. The quantitative estimate of drug-likeness (QED) is 0.857. The van der Waals surface area contributed by atoms with Crippen LogP contribution in [0.3, 0.4) is 0 Å². The first-order valence-corrected chi connectivity index (χ1v) is 9.61. The van der Waals surface area contributed by atoms with Crippen LogP contribution in [-0.2, 0) is 6.54 Å². The minimum absolute atomic E-state index is 0.151. The van der Waals surface area contributed by atoms with E-state index in [9.17, 15) is 4.79 Å². The van der Waals surface area contributed by atoms with Crippen LogP contribution < -0.4 is 0 Å². The van der Waals surface area contributed by atoms with Crippen molar-refractivity contribution < 1.29 is 4.79 Å². The van der Waals surface area contributed by atoms with E-state index in [4.69, 9.17) is 0 Å². The van der Waals surface area contributed by atoms with Crippen molar-refractivity contribution in [2.45, 2.75) is 58.2 Å². The van der Waals surface area contributed by atoms with Crippen LogP contribution in [0.5, 0.6) is 0 Å². The molecule has 1 aromatic carbocycles. The van der Waals surface area contributed by atoms with Crippen molar-refractivity contribution in [3.63, 3.8) is 0 Å². The van der Waals surface area contributed by atoms with Gasteiger partial charge < -0.3 is 4.90 Å². The first-order valence-electron chi connectivity index (χ1n) is 9.61. The predicted molar refractivity (Wildman–Crippen MR) is 97.5 cm³/mol. The maximum atomic E-state index is 13.2. The number of aromatic nitrogens is 3. The van der Waals surface area contributed by atoms with Crippen molar-refractivity contribution in [3.05, 3.63) is 23.8 Å². The molecule has 25 heavy (non-hydrogen) atoms. The summed E-state index contributed by atoms with van der Waals surface area (Å²) in [5.74, 6) is 0.151. The van der Waals surface area contributed by atoms with Crippen LogP contribution in [0.25, 0.3) is 11.0 Å². The fourth-order valence-corrected chi connectivity index (χ4v) is 4.63. The van der Waals surface area contributed by atoms with E-state index in [0.717, 1.165) is 49.1 Å². The average Bonchev–Trinajstić information content (AvgIpc) is 3.37. The second kappa shape index (κ2) is 6.75. The Morgan fingerprint density at radius 3 is 2.72 bits per heavy atom. The Labute approximate surface area is 148 Å². The molecular weight excluding hydrogens is 314 g/mol. The first-order chi connectivity index (χ1) is 12.2. The third-order valence-corrected chi connectivity index (χ3v) is 5.89. The van der Waals surface area contributed by atoms with Gasteiger partial charge in [-0.05, 0) is 63.9 Å². The molecule has 0 bridgehead atoms. The zero-order valence-corrected chi connectivity index (χ0v) is 15.2. The lowest BCUT2D eigenvalue weighted by Gasteiger charge is -2.34. The maximum Gasteiger partial charge on any atom is 0.254 e. The Balaban J connectivity index is 1.59. The van der Waals surface area contributed by atoms with Gasteiger partial charge in [0.15, 0.2) is 0 Å². The van der Waals surface area contributed by atoms with Gasteiger partial charge in [-0.15, -0.1) is 5.10 Å². The summed E-state index contributed by atoms with van der Waals surface area (Å²) in [6.45, 7) is 8.18. The third kappa shape index (κ3) is 2.82. The molecule has 2 fully saturated rings. The molecule has 1 amide bonds. The highest BCUT2D eigenvalue weighted by Gasteiger charge is 2.39. The van der Waals surface area contributed by atoms with Crippen molar-refractivity contribution in [2.75, 3.05) is 19.6 Å². The summed E-state index contributed by atoms with van der Waals surface area (Å²) >= 11 is 0. The lowest BCUT2D eigenvalue weighted by molar-refractivity contribution is 0.0650. The van der Waals surface area contributed by atoms with Crippen LogP contribution >= 0.6 is 0 Å². The van der Waals surface area contributed by atoms with E-state index in [1.54, 1.807) is 0 Å². The Morgan fingerprint density at radius 1 is 1.12 bits per heavy atom. The Hall–Kier alpha value is -1.95. The number of likely N-dealkylation sites (N-methyl/N-ethyl adjacent to an activating group) is 1. The van der Waals surface area contributed by atoms with Crippen molar-refractivity contribution in [2.24, 2.45) is 0 Å². The zero-order chi connectivity index (χ0) is 17.4. The van der Waals surface area contributed by atoms with Gasteiger partial charge in [0.1, 0.15) is 5.52 Å². The number of fused-ring (bicyclic) bond motifs is 1. The number of likely N-dealkylation sites (tertiary alicyclic amines) is 2. The molecular formula is C19H27N5O. The smallest absolute Gasteiger partial charge is 0.254 e. The molecule has 0 saturated carbocycles. The summed E-state index contributed by atoms with van der Waals surface area (Å²) in [5.41, 5.74) is 2.54. The molecule has 3 heterocycles. The Morgan fingerprint density at radius 2 is 1.92 bits per heavy atom. The highest BCUT2D eigenvalue weighted by Crippen LogP contribution is 2.31. The second-order valence-electron chi connectivity index (χ2n) is 7.15. The molecule has 0 spiro atoms. The number of benzene rings is 1. The number of carbonyl (C=O) groups is 1. The van der Waals surface area contributed by atoms with Crippen LogP contribution in [0.15, 0.2) is 18.2 Å². The van der Waals surface area contributed by atoms with E-state index >= 15 is 0 Å². The molecule has 6 heteroatoms. The summed E-state index contributed by atoms with van der Waals surface area (Å²) < 4.78 is 1.86. The van der Waals surface area contributed by atoms with Crippen LogP contribution in [0, 0.1) is 0 Å². The monoisotopic (exact) mass is 341 g/mol. The molecule has 4 rings (SSSR count). The third-order valence-electron chi connectivity index (χ3n) is 5.89. The summed E-state index contributed by atoms with van der Waals surface area (Å²) in [6, 6.07) is 6.70. The molecule has 2 aromatic rings. The zero-order valence-electron chi connectivity index (χ0n) is 15.2. The van der Waals surface area contributed by atoms with Gasteiger partial charge >= 0.3 is 0 Å². The van der Waals surface area contributed by atoms with Crippen molar-refractivity contribution in [3.8, 4) is 0 Å². The molecule has 1 aromatic heterocycles. The van der Waals surface area contributed by atoms with Gasteiger partial charge in [-0.25, -0.2) is 4.68 Å². The summed E-state index contributed by atoms with van der Waals surface area (Å²) in [5, 5.41) is 8.36. The van der Waals surface area contributed by atoms with Crippen LogP contribution in [0.4, 0.5) is 0 Å². The Kier molecular flexibility index (Phi) is 4.46. The largest absolute Gasteiger partial charge is 0.334 e. The number of rotatable bonds is 4. The Bertz CT molecular complexity index is 770. The number of amides is 1. The standard InChI is InChI=1S/C19H27N5O/c1-3-22-11-5-7-17(22)18-8-6-12-23(18)19(25)14-9-10-16-15(13-14)20-21-24(16)4-2/h9-10,13,17-18H,3-8,11-12H2,1-2H3. The summed E-state index contributed by atoms with van der Waals surface area (Å²) in [7, 11) is 0. The predicted octanol–water partition coefficient (Wildman–Crippen LogP) is 2.54. The molecule has 2 unspecified atom stereocenters. The molecule has 2 aliphatic heterocycles. The SMILES string of the molecule is CCN1CCCC1C1CCCN1C(=O)c1ccc2c(c1)nnn2CC. The molecule has 2 aliphatic rings. The van der Waals surface area contributed by atoms with Gasteiger partial charge in [0, 0.05) is 30.7 Å². The van der Waals surface area contributed by atoms with E-state index in [1.165, 1.54) is 19.4 Å². The maximum absolute atomic E-state index is 13.2. The number of nitrogens with zero attached hydrogens (tertiary/aromatic N) is 5. The van der Waals surface area contributed by atoms with Gasteiger partial charge in [-0.3, -0.25) is 9.69 Å². The number of hydrogen-bond acceptors (Lipinski definition) is 4. The topological polar surface area (TPSA) is 54.3 Å². The second-order valence-corrected chi connectivity index (χ2v) is 7.15. The van der Waals surface area contributed by atoms with Crippen molar-refractivity contribution >= 4 is 16.9 Å². The molecule has 6 nitrogen and oxygen atoms in total. The number of aryl methyl sites for hydroxylation is 1. The van der Waals surface area contributed by atoms with Crippen molar-refractivity contribution in [1.29, 1.82) is 0 Å². The summed E-state index contributed by atoms with van der Waals surface area (Å²) in [6.07, 6.45) is 4.70. The molecule has 0 aliphatic carbocycles. The van der Waals surface area contributed by atoms with E-state index < -0.39 is 0 Å². The molecule has 2 atom stereocenters. The van der Waals surface area contributed by atoms with Crippen LogP contribution in [-0.4, -0.2) is 62.4 Å². The lowest BCUT2D eigenvalue weighted by atomic mass is 10.0. The minimum atomic E-state index is 0.151.